The zero-order valence-corrected chi connectivity index (χ0v) is 11.2. The Kier molecular flexibility index (Phi) is 4.90. The lowest BCUT2D eigenvalue weighted by Crippen LogP contribution is -2.26. The van der Waals surface area contributed by atoms with Gasteiger partial charge in [-0.05, 0) is 19.3 Å². The van der Waals surface area contributed by atoms with Crippen molar-refractivity contribution in [3.63, 3.8) is 0 Å². The molecule has 0 bridgehead atoms. The van der Waals surface area contributed by atoms with Crippen molar-refractivity contribution in [1.29, 1.82) is 0 Å². The summed E-state index contributed by atoms with van der Waals surface area (Å²) in [4.78, 5) is 6.71. The maximum absolute atomic E-state index is 5.48. The fourth-order valence-electron chi connectivity index (χ4n) is 2.46. The van der Waals surface area contributed by atoms with Crippen LogP contribution in [0, 0.1) is 0 Å². The topological polar surface area (TPSA) is 54.0 Å². The number of likely N-dealkylation sites (tertiary alicyclic amines) is 1. The van der Waals surface area contributed by atoms with E-state index in [9.17, 15) is 0 Å². The van der Waals surface area contributed by atoms with Crippen LogP contribution in [0.1, 0.15) is 38.1 Å². The van der Waals surface area contributed by atoms with Crippen LogP contribution in [-0.4, -0.2) is 46.4 Å². The lowest BCUT2D eigenvalue weighted by molar-refractivity contribution is 0.108. The fraction of sp³-hybridized carbons (Fsp3) is 0.692. The molecule has 0 aliphatic carbocycles. The van der Waals surface area contributed by atoms with Crippen molar-refractivity contribution in [2.24, 2.45) is 0 Å². The molecule has 1 fully saturated rings. The third kappa shape index (κ3) is 3.17. The number of nitrogens with one attached hydrogen (secondary N) is 1. The van der Waals surface area contributed by atoms with Crippen molar-refractivity contribution in [1.82, 2.24) is 20.1 Å². The Morgan fingerprint density at radius 2 is 2.44 bits per heavy atom. The second kappa shape index (κ2) is 6.66. The van der Waals surface area contributed by atoms with Crippen LogP contribution < -0.4 is 0 Å². The second-order valence-corrected chi connectivity index (χ2v) is 4.64. The number of aromatic amines is 1. The standard InChI is InChI=1S/C13H22N4O/c1-3-4-5-6-7-17-9-11(18-2)8-12(17)13-14-10-15-16-13/h4-5,10-12H,3,6-9H2,1-2H3,(H,14,15,16)/b5-4+/t11-,12+/m1/s1. The third-order valence-electron chi connectivity index (χ3n) is 3.43. The summed E-state index contributed by atoms with van der Waals surface area (Å²) in [5.74, 6) is 0.953. The first-order valence-corrected chi connectivity index (χ1v) is 6.62. The second-order valence-electron chi connectivity index (χ2n) is 4.64. The molecule has 5 heteroatoms. The summed E-state index contributed by atoms with van der Waals surface area (Å²) in [6.45, 7) is 4.17. The van der Waals surface area contributed by atoms with E-state index in [1.165, 1.54) is 0 Å². The molecule has 1 aliphatic rings. The molecule has 0 unspecified atom stereocenters. The minimum atomic E-state index is 0.301. The van der Waals surface area contributed by atoms with E-state index >= 15 is 0 Å². The van der Waals surface area contributed by atoms with Gasteiger partial charge in [-0.15, -0.1) is 0 Å². The van der Waals surface area contributed by atoms with Crippen LogP contribution in [0.5, 0.6) is 0 Å². The number of methoxy groups -OCH3 is 1. The van der Waals surface area contributed by atoms with Crippen molar-refractivity contribution in [2.45, 2.75) is 38.3 Å². The van der Waals surface area contributed by atoms with Crippen LogP contribution in [-0.2, 0) is 4.74 Å². The molecule has 1 saturated heterocycles. The van der Waals surface area contributed by atoms with Gasteiger partial charge in [0.2, 0.25) is 0 Å². The van der Waals surface area contributed by atoms with E-state index in [-0.39, 0.29) is 0 Å². The largest absolute Gasteiger partial charge is 0.380 e. The Labute approximate surface area is 108 Å². The first-order chi connectivity index (χ1) is 8.85. The molecular weight excluding hydrogens is 228 g/mol. The molecule has 5 nitrogen and oxygen atoms in total. The lowest BCUT2D eigenvalue weighted by atomic mass is 10.2. The summed E-state index contributed by atoms with van der Waals surface area (Å²) in [5.41, 5.74) is 0. The maximum atomic E-state index is 5.48. The SMILES string of the molecule is CC/C=C/CCN1C[C@H](OC)C[C@H]1c1ncn[nH]1. The van der Waals surface area contributed by atoms with E-state index in [1.807, 2.05) is 0 Å². The normalized spacial score (nSPS) is 25.2. The molecule has 1 N–H and O–H groups in total. The predicted octanol–water partition coefficient (Wildman–Crippen LogP) is 1.92. The van der Waals surface area contributed by atoms with Crippen LogP contribution in [0.3, 0.4) is 0 Å². The van der Waals surface area contributed by atoms with Crippen LogP contribution in [0.15, 0.2) is 18.5 Å². The quantitative estimate of drug-likeness (QED) is 0.784. The Hall–Kier alpha value is -1.20. The predicted molar refractivity (Wildman–Crippen MR) is 70.2 cm³/mol. The smallest absolute Gasteiger partial charge is 0.141 e. The highest BCUT2D eigenvalue weighted by Crippen LogP contribution is 2.31. The average molecular weight is 250 g/mol. The number of aromatic nitrogens is 3. The number of rotatable bonds is 6. The van der Waals surface area contributed by atoms with Crippen molar-refractivity contribution in [3.8, 4) is 0 Å². The molecular formula is C13H22N4O. The van der Waals surface area contributed by atoms with Crippen molar-refractivity contribution < 1.29 is 4.74 Å². The van der Waals surface area contributed by atoms with Crippen molar-refractivity contribution in [2.75, 3.05) is 20.2 Å². The van der Waals surface area contributed by atoms with E-state index in [0.717, 1.165) is 38.2 Å². The van der Waals surface area contributed by atoms with E-state index in [2.05, 4.69) is 39.2 Å². The first kappa shape index (κ1) is 13.2. The molecule has 0 amide bonds. The minimum absolute atomic E-state index is 0.301. The Bertz CT molecular complexity index is 363. The molecule has 2 heterocycles. The number of allylic oxidation sites excluding steroid dienone is 1. The molecule has 0 radical (unpaired) electrons. The van der Waals surface area contributed by atoms with Gasteiger partial charge in [0.1, 0.15) is 12.2 Å². The van der Waals surface area contributed by atoms with E-state index in [4.69, 9.17) is 4.74 Å². The van der Waals surface area contributed by atoms with E-state index in [0.29, 0.717) is 12.1 Å². The zero-order valence-electron chi connectivity index (χ0n) is 11.2. The first-order valence-electron chi connectivity index (χ1n) is 6.62. The maximum Gasteiger partial charge on any atom is 0.141 e. The summed E-state index contributed by atoms with van der Waals surface area (Å²) in [6, 6.07) is 0.312. The minimum Gasteiger partial charge on any atom is -0.380 e. The Morgan fingerprint density at radius 1 is 1.56 bits per heavy atom. The number of hydrogen-bond acceptors (Lipinski definition) is 4. The molecule has 2 rings (SSSR count). The molecule has 0 aromatic carbocycles. The van der Waals surface area contributed by atoms with Crippen LogP contribution in [0.25, 0.3) is 0 Å². The van der Waals surface area contributed by atoms with E-state index < -0.39 is 0 Å². The summed E-state index contributed by atoms with van der Waals surface area (Å²) < 4.78 is 5.48. The molecule has 1 aromatic rings. The summed E-state index contributed by atoms with van der Waals surface area (Å²) in [7, 11) is 1.78. The van der Waals surface area contributed by atoms with Gasteiger partial charge in [-0.25, -0.2) is 4.98 Å². The van der Waals surface area contributed by atoms with Crippen LogP contribution in [0.2, 0.25) is 0 Å². The third-order valence-corrected chi connectivity index (χ3v) is 3.43. The summed E-state index contributed by atoms with van der Waals surface area (Å²) in [5, 5.41) is 6.92. The van der Waals surface area contributed by atoms with Crippen molar-refractivity contribution >= 4 is 0 Å². The van der Waals surface area contributed by atoms with Gasteiger partial charge in [-0.3, -0.25) is 10.00 Å². The van der Waals surface area contributed by atoms with Gasteiger partial charge in [0.25, 0.3) is 0 Å². The van der Waals surface area contributed by atoms with E-state index in [1.54, 1.807) is 13.4 Å². The lowest BCUT2D eigenvalue weighted by Gasteiger charge is -2.21. The summed E-state index contributed by atoms with van der Waals surface area (Å²) >= 11 is 0. The zero-order chi connectivity index (χ0) is 12.8. The van der Waals surface area contributed by atoms with Gasteiger partial charge < -0.3 is 4.74 Å². The molecule has 0 spiro atoms. The highest BCUT2D eigenvalue weighted by molar-refractivity contribution is 4.99. The molecule has 0 saturated carbocycles. The monoisotopic (exact) mass is 250 g/mol. The molecule has 1 aromatic heterocycles. The van der Waals surface area contributed by atoms with Crippen LogP contribution in [0.4, 0.5) is 0 Å². The molecule has 2 atom stereocenters. The van der Waals surface area contributed by atoms with Crippen molar-refractivity contribution in [3.05, 3.63) is 24.3 Å². The molecule has 100 valence electrons. The number of hydrogen-bond donors (Lipinski definition) is 1. The van der Waals surface area contributed by atoms with Gasteiger partial charge >= 0.3 is 0 Å². The Balaban J connectivity index is 1.95. The molecule has 18 heavy (non-hydrogen) atoms. The van der Waals surface area contributed by atoms with Crippen LogP contribution >= 0.6 is 0 Å². The highest BCUT2D eigenvalue weighted by atomic mass is 16.5. The van der Waals surface area contributed by atoms with Gasteiger partial charge in [0, 0.05) is 20.2 Å². The van der Waals surface area contributed by atoms with Gasteiger partial charge in [-0.2, -0.15) is 5.10 Å². The molecule has 1 aliphatic heterocycles. The van der Waals surface area contributed by atoms with Gasteiger partial charge in [-0.1, -0.05) is 19.1 Å². The number of ether oxygens (including phenoxy) is 1. The summed E-state index contributed by atoms with van der Waals surface area (Å²) in [6.07, 6.45) is 9.51. The average Bonchev–Trinajstić information content (AvgIpc) is 3.03. The number of nitrogens with zero attached hydrogens (tertiary/aromatic N) is 3. The van der Waals surface area contributed by atoms with Gasteiger partial charge in [0.15, 0.2) is 0 Å². The number of H-pyrrole nitrogens is 1. The highest BCUT2D eigenvalue weighted by Gasteiger charge is 2.34. The fourth-order valence-corrected chi connectivity index (χ4v) is 2.46. The Morgan fingerprint density at radius 3 is 3.11 bits per heavy atom. The van der Waals surface area contributed by atoms with Gasteiger partial charge in [0.05, 0.1) is 12.1 Å².